The molecule has 0 bridgehead atoms. The molecule has 0 spiro atoms. The minimum Gasteiger partial charge on any atom is -0.497 e. The predicted octanol–water partition coefficient (Wildman–Crippen LogP) is 3.71. The maximum absolute atomic E-state index is 12.3. The van der Waals surface area contributed by atoms with Gasteiger partial charge in [0.25, 0.3) is 5.69 Å². The van der Waals surface area contributed by atoms with Crippen LogP contribution in [-0.2, 0) is 9.63 Å². The zero-order chi connectivity index (χ0) is 20.5. The highest BCUT2D eigenvalue weighted by Crippen LogP contribution is 2.45. The Kier molecular flexibility index (Phi) is 4.75. The summed E-state index contributed by atoms with van der Waals surface area (Å²) in [5.41, 5.74) is 2.91. The lowest BCUT2D eigenvalue weighted by atomic mass is 9.73. The molecule has 0 fully saturated rings. The number of carbonyl (C=O) groups excluding carboxylic acids is 1. The highest BCUT2D eigenvalue weighted by molar-refractivity contribution is 6.15. The zero-order valence-electron chi connectivity index (χ0n) is 15.8. The molecule has 4 rings (SSSR count). The average Bonchev–Trinajstić information content (AvgIpc) is 3.13. The number of ether oxygens (including phenoxy) is 2. The van der Waals surface area contributed by atoms with Crippen LogP contribution >= 0.6 is 0 Å². The van der Waals surface area contributed by atoms with Gasteiger partial charge in [0.05, 0.1) is 24.9 Å². The second kappa shape index (κ2) is 7.38. The van der Waals surface area contributed by atoms with Gasteiger partial charge in [-0.2, -0.15) is 0 Å². The molecule has 29 heavy (non-hydrogen) atoms. The molecule has 2 aromatic carbocycles. The number of hydrogen-bond acceptors (Lipinski definition) is 7. The lowest BCUT2D eigenvalue weighted by Crippen LogP contribution is -2.28. The number of non-ortho nitro benzene ring substituents is 1. The molecule has 2 aromatic rings. The van der Waals surface area contributed by atoms with Crippen molar-refractivity contribution < 1.29 is 24.0 Å². The number of oxime groups is 1. The standard InChI is InChI=1S/C21H18N2O6/c1-27-15-6-7-16(19(11-15)28-2)13-9-17(20-18(10-13)22-29-21(20)24)12-4-3-5-14(8-12)23(25)26/h3-8,10-11,17,20H,9H2,1-2H3. The molecule has 2 aliphatic rings. The molecule has 2 unspecified atom stereocenters. The van der Waals surface area contributed by atoms with Gasteiger partial charge in [0.2, 0.25) is 0 Å². The molecule has 0 amide bonds. The van der Waals surface area contributed by atoms with E-state index in [-0.39, 0.29) is 11.6 Å². The second-order valence-electron chi connectivity index (χ2n) is 6.80. The maximum atomic E-state index is 12.3. The Labute approximate surface area is 166 Å². The van der Waals surface area contributed by atoms with Crippen molar-refractivity contribution in [1.82, 2.24) is 0 Å². The molecule has 0 N–H and O–H groups in total. The van der Waals surface area contributed by atoms with Gasteiger partial charge in [0.1, 0.15) is 17.4 Å². The first-order valence-electron chi connectivity index (χ1n) is 8.98. The highest BCUT2D eigenvalue weighted by atomic mass is 16.7. The van der Waals surface area contributed by atoms with E-state index < -0.39 is 16.8 Å². The monoisotopic (exact) mass is 394 g/mol. The Morgan fingerprint density at radius 1 is 1.17 bits per heavy atom. The summed E-state index contributed by atoms with van der Waals surface area (Å²) in [7, 11) is 3.15. The van der Waals surface area contributed by atoms with Crippen molar-refractivity contribution in [3.63, 3.8) is 0 Å². The van der Waals surface area contributed by atoms with Gasteiger partial charge < -0.3 is 14.3 Å². The number of fused-ring (bicyclic) bond motifs is 1. The van der Waals surface area contributed by atoms with Crippen LogP contribution in [0.15, 0.2) is 53.7 Å². The van der Waals surface area contributed by atoms with Crippen LogP contribution in [0, 0.1) is 16.0 Å². The number of nitro groups is 1. The Balaban J connectivity index is 1.79. The number of rotatable bonds is 5. The predicted molar refractivity (Wildman–Crippen MR) is 105 cm³/mol. The Morgan fingerprint density at radius 2 is 2.00 bits per heavy atom. The number of hydrogen-bond donors (Lipinski definition) is 0. The van der Waals surface area contributed by atoms with Gasteiger partial charge in [-0.3, -0.25) is 10.1 Å². The van der Waals surface area contributed by atoms with Crippen LogP contribution in [0.5, 0.6) is 11.5 Å². The van der Waals surface area contributed by atoms with Crippen molar-refractivity contribution in [2.45, 2.75) is 12.3 Å². The van der Waals surface area contributed by atoms with Gasteiger partial charge in [0.15, 0.2) is 0 Å². The molecule has 1 aliphatic heterocycles. The lowest BCUT2D eigenvalue weighted by molar-refractivity contribution is -0.384. The first kappa shape index (κ1) is 18.7. The fraction of sp³-hybridized carbons (Fsp3) is 0.238. The van der Waals surface area contributed by atoms with Crippen molar-refractivity contribution >= 4 is 22.9 Å². The third kappa shape index (κ3) is 3.33. The molecule has 8 heteroatoms. The largest absolute Gasteiger partial charge is 0.497 e. The molecule has 0 saturated heterocycles. The molecule has 0 aromatic heterocycles. The van der Waals surface area contributed by atoms with Crippen LogP contribution in [0.1, 0.15) is 23.5 Å². The molecule has 148 valence electrons. The third-order valence-corrected chi connectivity index (χ3v) is 5.24. The third-order valence-electron chi connectivity index (χ3n) is 5.24. The number of nitro benzene ring substituents is 1. The van der Waals surface area contributed by atoms with E-state index in [1.54, 1.807) is 32.4 Å². The van der Waals surface area contributed by atoms with Gasteiger partial charge in [0, 0.05) is 29.7 Å². The molecular weight excluding hydrogens is 376 g/mol. The average molecular weight is 394 g/mol. The Bertz CT molecular complexity index is 1060. The van der Waals surface area contributed by atoms with Crippen LogP contribution in [0.25, 0.3) is 5.57 Å². The summed E-state index contributed by atoms with van der Waals surface area (Å²) in [5.74, 6) is -0.0986. The molecule has 1 aliphatic carbocycles. The van der Waals surface area contributed by atoms with E-state index in [2.05, 4.69) is 5.16 Å². The maximum Gasteiger partial charge on any atom is 0.344 e. The first-order chi connectivity index (χ1) is 14.0. The molecular formula is C21H18N2O6. The number of nitrogens with zero attached hydrogens (tertiary/aromatic N) is 2. The van der Waals surface area contributed by atoms with Crippen LogP contribution in [0.3, 0.4) is 0 Å². The fourth-order valence-corrected chi connectivity index (χ4v) is 3.84. The summed E-state index contributed by atoms with van der Waals surface area (Å²) in [5, 5.41) is 15.1. The summed E-state index contributed by atoms with van der Waals surface area (Å²) in [6.07, 6.45) is 2.30. The summed E-state index contributed by atoms with van der Waals surface area (Å²) in [4.78, 5) is 28.0. The number of methoxy groups -OCH3 is 2. The molecule has 8 nitrogen and oxygen atoms in total. The van der Waals surface area contributed by atoms with E-state index in [0.717, 1.165) is 11.1 Å². The molecule has 0 saturated carbocycles. The molecule has 2 atom stereocenters. The molecule has 0 radical (unpaired) electrons. The van der Waals surface area contributed by atoms with E-state index in [4.69, 9.17) is 14.3 Å². The number of allylic oxidation sites excluding steroid dienone is 2. The van der Waals surface area contributed by atoms with Crippen LogP contribution in [-0.4, -0.2) is 30.8 Å². The van der Waals surface area contributed by atoms with Crippen molar-refractivity contribution in [2.24, 2.45) is 11.1 Å². The van der Waals surface area contributed by atoms with Crippen molar-refractivity contribution in [3.8, 4) is 11.5 Å². The van der Waals surface area contributed by atoms with E-state index in [1.165, 1.54) is 12.1 Å². The smallest absolute Gasteiger partial charge is 0.344 e. The number of carbonyl (C=O) groups is 1. The highest BCUT2D eigenvalue weighted by Gasteiger charge is 2.43. The van der Waals surface area contributed by atoms with E-state index in [1.807, 2.05) is 18.2 Å². The topological polar surface area (TPSA) is 100 Å². The van der Waals surface area contributed by atoms with Crippen molar-refractivity contribution in [1.29, 1.82) is 0 Å². The Hall–Kier alpha value is -3.68. The van der Waals surface area contributed by atoms with Gasteiger partial charge in [-0.15, -0.1) is 0 Å². The van der Waals surface area contributed by atoms with Gasteiger partial charge in [-0.05, 0) is 35.8 Å². The summed E-state index contributed by atoms with van der Waals surface area (Å²) >= 11 is 0. The quantitative estimate of drug-likeness (QED) is 0.435. The zero-order valence-corrected chi connectivity index (χ0v) is 15.8. The Morgan fingerprint density at radius 3 is 2.72 bits per heavy atom. The van der Waals surface area contributed by atoms with Crippen molar-refractivity contribution in [3.05, 3.63) is 69.8 Å². The van der Waals surface area contributed by atoms with Crippen LogP contribution in [0.4, 0.5) is 5.69 Å². The van der Waals surface area contributed by atoms with E-state index in [9.17, 15) is 14.9 Å². The minimum atomic E-state index is -0.593. The summed E-state index contributed by atoms with van der Waals surface area (Å²) in [6, 6.07) is 11.8. The van der Waals surface area contributed by atoms with Gasteiger partial charge in [-0.25, -0.2) is 4.79 Å². The lowest BCUT2D eigenvalue weighted by Gasteiger charge is -2.28. The van der Waals surface area contributed by atoms with Crippen LogP contribution < -0.4 is 9.47 Å². The summed E-state index contributed by atoms with van der Waals surface area (Å²) < 4.78 is 10.8. The van der Waals surface area contributed by atoms with Gasteiger partial charge in [-0.1, -0.05) is 17.3 Å². The minimum absolute atomic E-state index is 0.0227. The number of benzene rings is 2. The normalized spacial score (nSPS) is 20.3. The van der Waals surface area contributed by atoms with Crippen molar-refractivity contribution in [2.75, 3.05) is 14.2 Å². The van der Waals surface area contributed by atoms with Gasteiger partial charge >= 0.3 is 5.97 Å². The molecule has 1 heterocycles. The SMILES string of the molecule is COc1ccc(C2=CC3=NOC(=O)C3C(c3cccc([N+](=O)[O-])c3)C2)c(OC)c1. The van der Waals surface area contributed by atoms with E-state index >= 15 is 0 Å². The van der Waals surface area contributed by atoms with Crippen LogP contribution in [0.2, 0.25) is 0 Å². The summed E-state index contributed by atoms with van der Waals surface area (Å²) in [6.45, 7) is 0. The first-order valence-corrected chi connectivity index (χ1v) is 8.98. The fourth-order valence-electron chi connectivity index (χ4n) is 3.84. The second-order valence-corrected chi connectivity index (χ2v) is 6.80. The van der Waals surface area contributed by atoms with E-state index in [0.29, 0.717) is 29.2 Å².